The summed E-state index contributed by atoms with van der Waals surface area (Å²) in [6.45, 7) is 2.88. The van der Waals surface area contributed by atoms with E-state index in [0.717, 1.165) is 13.0 Å². The smallest absolute Gasteiger partial charge is 0.0583 e. The zero-order valence-electron chi connectivity index (χ0n) is 10.2. The Bertz CT molecular complexity index is 358. The first kappa shape index (κ1) is 11.6. The van der Waals surface area contributed by atoms with E-state index in [1.54, 1.807) is 7.11 Å². The van der Waals surface area contributed by atoms with Crippen molar-refractivity contribution in [3.8, 4) is 0 Å². The highest BCUT2D eigenvalue weighted by atomic mass is 16.5. The maximum Gasteiger partial charge on any atom is 0.0583 e. The number of benzene rings is 1. The summed E-state index contributed by atoms with van der Waals surface area (Å²) in [5.74, 6) is 0. The van der Waals surface area contributed by atoms with Gasteiger partial charge in [0.15, 0.2) is 0 Å². The van der Waals surface area contributed by atoms with E-state index in [0.29, 0.717) is 0 Å². The van der Waals surface area contributed by atoms with E-state index >= 15 is 0 Å². The van der Waals surface area contributed by atoms with E-state index in [-0.39, 0.29) is 11.5 Å². The summed E-state index contributed by atoms with van der Waals surface area (Å²) in [5.41, 5.74) is 9.03. The van der Waals surface area contributed by atoms with Gasteiger partial charge in [-0.3, -0.25) is 0 Å². The molecule has 2 N–H and O–H groups in total. The predicted octanol–water partition coefficient (Wildman–Crippen LogP) is 2.25. The summed E-state index contributed by atoms with van der Waals surface area (Å²) in [6.07, 6.45) is 3.73. The Morgan fingerprint density at radius 1 is 1.38 bits per heavy atom. The fourth-order valence-electron chi connectivity index (χ4n) is 2.34. The van der Waals surface area contributed by atoms with Crippen molar-refractivity contribution >= 4 is 0 Å². The van der Waals surface area contributed by atoms with Gasteiger partial charge >= 0.3 is 0 Å². The van der Waals surface area contributed by atoms with Crippen molar-refractivity contribution < 1.29 is 4.74 Å². The quantitative estimate of drug-likeness (QED) is 0.824. The number of hydrogen-bond acceptors (Lipinski definition) is 2. The van der Waals surface area contributed by atoms with Gasteiger partial charge in [0, 0.05) is 19.1 Å². The first-order chi connectivity index (χ1) is 7.72. The average Bonchev–Trinajstić information content (AvgIpc) is 3.10. The number of ether oxygens (including phenoxy) is 1. The number of hydrogen-bond donors (Lipinski definition) is 1. The van der Waals surface area contributed by atoms with E-state index in [1.165, 1.54) is 24.0 Å². The fraction of sp³-hybridized carbons (Fsp3) is 0.571. The lowest BCUT2D eigenvalue weighted by Crippen LogP contribution is -2.22. The Balaban J connectivity index is 2.24. The molecule has 88 valence electrons. The zero-order chi connectivity index (χ0) is 11.6. The largest absolute Gasteiger partial charge is 0.381 e. The van der Waals surface area contributed by atoms with Crippen LogP contribution in [0.5, 0.6) is 0 Å². The third kappa shape index (κ3) is 2.13. The van der Waals surface area contributed by atoms with Crippen LogP contribution in [0, 0.1) is 0 Å². The summed E-state index contributed by atoms with van der Waals surface area (Å²) < 4.78 is 5.34. The van der Waals surface area contributed by atoms with Gasteiger partial charge in [-0.1, -0.05) is 24.3 Å². The van der Waals surface area contributed by atoms with Crippen LogP contribution in [0.1, 0.15) is 30.9 Å². The van der Waals surface area contributed by atoms with Gasteiger partial charge in [-0.25, -0.2) is 0 Å². The van der Waals surface area contributed by atoms with Crippen LogP contribution in [0.2, 0.25) is 0 Å². The summed E-state index contributed by atoms with van der Waals surface area (Å²) in [5, 5.41) is 0. The van der Waals surface area contributed by atoms with Crippen LogP contribution < -0.4 is 5.73 Å². The van der Waals surface area contributed by atoms with Crippen molar-refractivity contribution in [2.45, 2.75) is 37.7 Å². The van der Waals surface area contributed by atoms with Crippen LogP contribution in [-0.4, -0.2) is 19.8 Å². The highest BCUT2D eigenvalue weighted by Gasteiger charge is 2.43. The van der Waals surface area contributed by atoms with Crippen molar-refractivity contribution in [1.29, 1.82) is 0 Å². The lowest BCUT2D eigenvalue weighted by molar-refractivity contribution is 0.118. The molecule has 0 amide bonds. The Labute approximate surface area is 97.8 Å². The number of nitrogens with two attached hydrogens (primary N) is 1. The number of rotatable bonds is 5. The molecule has 1 aromatic rings. The Morgan fingerprint density at radius 2 is 2.06 bits per heavy atom. The van der Waals surface area contributed by atoms with Gasteiger partial charge in [-0.05, 0) is 37.3 Å². The maximum atomic E-state index is 5.90. The molecule has 1 atom stereocenters. The van der Waals surface area contributed by atoms with E-state index in [9.17, 15) is 0 Å². The molecule has 1 unspecified atom stereocenters. The third-order valence-corrected chi connectivity index (χ3v) is 3.74. The number of methoxy groups -OCH3 is 1. The molecule has 1 fully saturated rings. The molecule has 1 aromatic carbocycles. The van der Waals surface area contributed by atoms with Crippen LogP contribution in [0.4, 0.5) is 0 Å². The molecule has 0 heterocycles. The molecule has 16 heavy (non-hydrogen) atoms. The van der Waals surface area contributed by atoms with Gasteiger partial charge in [-0.2, -0.15) is 0 Å². The molecule has 1 aliphatic rings. The summed E-state index contributed by atoms with van der Waals surface area (Å²) in [7, 11) is 1.77. The van der Waals surface area contributed by atoms with Crippen molar-refractivity contribution in [2.75, 3.05) is 13.7 Å². The first-order valence-corrected chi connectivity index (χ1v) is 6.03. The van der Waals surface area contributed by atoms with Crippen molar-refractivity contribution in [2.24, 2.45) is 5.73 Å². The normalized spacial score (nSPS) is 19.4. The van der Waals surface area contributed by atoms with Crippen LogP contribution in [0.3, 0.4) is 0 Å². The third-order valence-electron chi connectivity index (χ3n) is 3.74. The maximum absolute atomic E-state index is 5.90. The molecular formula is C14H21NO. The highest BCUT2D eigenvalue weighted by Crippen LogP contribution is 2.48. The second-order valence-electron chi connectivity index (χ2n) is 4.89. The van der Waals surface area contributed by atoms with Crippen LogP contribution >= 0.6 is 0 Å². The van der Waals surface area contributed by atoms with E-state index in [1.807, 2.05) is 0 Å². The van der Waals surface area contributed by atoms with E-state index < -0.39 is 0 Å². The zero-order valence-corrected chi connectivity index (χ0v) is 10.2. The van der Waals surface area contributed by atoms with E-state index in [4.69, 9.17) is 10.5 Å². The first-order valence-electron chi connectivity index (χ1n) is 6.03. The minimum atomic E-state index is 0.273. The summed E-state index contributed by atoms with van der Waals surface area (Å²) in [4.78, 5) is 0. The molecule has 2 heteroatoms. The van der Waals surface area contributed by atoms with E-state index in [2.05, 4.69) is 31.2 Å². The lowest BCUT2D eigenvalue weighted by atomic mass is 9.89. The second kappa shape index (κ2) is 4.56. The SMILES string of the molecule is COC(C)Cc1ccccc1C1(CN)CC1. The second-order valence-corrected chi connectivity index (χ2v) is 4.89. The summed E-state index contributed by atoms with van der Waals surface area (Å²) in [6, 6.07) is 8.66. The summed E-state index contributed by atoms with van der Waals surface area (Å²) >= 11 is 0. The van der Waals surface area contributed by atoms with Crippen molar-refractivity contribution in [1.82, 2.24) is 0 Å². The minimum Gasteiger partial charge on any atom is -0.381 e. The van der Waals surface area contributed by atoms with Gasteiger partial charge in [0.25, 0.3) is 0 Å². The average molecular weight is 219 g/mol. The van der Waals surface area contributed by atoms with Gasteiger partial charge in [-0.15, -0.1) is 0 Å². The molecular weight excluding hydrogens is 198 g/mol. The molecule has 0 radical (unpaired) electrons. The Kier molecular flexibility index (Phi) is 3.31. The molecule has 0 aromatic heterocycles. The standard InChI is InChI=1S/C14H21NO/c1-11(16-2)9-12-5-3-4-6-13(12)14(10-15)7-8-14/h3-6,11H,7-10,15H2,1-2H3. The monoisotopic (exact) mass is 219 g/mol. The van der Waals surface area contributed by atoms with Crippen molar-refractivity contribution in [3.63, 3.8) is 0 Å². The van der Waals surface area contributed by atoms with Crippen LogP contribution in [0.25, 0.3) is 0 Å². The molecule has 0 spiro atoms. The van der Waals surface area contributed by atoms with Crippen molar-refractivity contribution in [3.05, 3.63) is 35.4 Å². The molecule has 0 aliphatic heterocycles. The molecule has 1 aliphatic carbocycles. The lowest BCUT2D eigenvalue weighted by Gasteiger charge is -2.19. The van der Waals surface area contributed by atoms with Gasteiger partial charge in [0.2, 0.25) is 0 Å². The topological polar surface area (TPSA) is 35.2 Å². The molecule has 0 bridgehead atoms. The van der Waals surface area contributed by atoms with Gasteiger partial charge in [0.1, 0.15) is 0 Å². The van der Waals surface area contributed by atoms with Gasteiger partial charge in [0.05, 0.1) is 6.10 Å². The minimum absolute atomic E-state index is 0.273. The molecule has 2 rings (SSSR count). The molecule has 0 saturated heterocycles. The van der Waals surface area contributed by atoms with Gasteiger partial charge < -0.3 is 10.5 Å². The molecule has 2 nitrogen and oxygen atoms in total. The fourth-order valence-corrected chi connectivity index (χ4v) is 2.34. The van der Waals surface area contributed by atoms with Crippen LogP contribution in [0.15, 0.2) is 24.3 Å². The van der Waals surface area contributed by atoms with Crippen LogP contribution in [-0.2, 0) is 16.6 Å². The Morgan fingerprint density at radius 3 is 2.62 bits per heavy atom. The highest BCUT2D eigenvalue weighted by molar-refractivity contribution is 5.39. The Hall–Kier alpha value is -0.860. The molecule has 1 saturated carbocycles. The predicted molar refractivity (Wildman–Crippen MR) is 66.6 cm³/mol.